The number of hydrogen-bond acceptors (Lipinski definition) is 3. The Morgan fingerprint density at radius 1 is 1.16 bits per heavy atom. The first kappa shape index (κ1) is 28.7. The number of urea groups is 1. The molecule has 2 amide bonds. The van der Waals surface area contributed by atoms with Crippen LogP contribution in [0.5, 0.6) is 0 Å². The number of nitrogens with one attached hydrogen (secondary N) is 1. The highest BCUT2D eigenvalue weighted by Gasteiger charge is 2.39. The quantitative estimate of drug-likeness (QED) is 0.239. The van der Waals surface area contributed by atoms with Crippen LogP contribution in [-0.4, -0.2) is 72.6 Å². The van der Waals surface area contributed by atoms with E-state index >= 15 is 0 Å². The van der Waals surface area contributed by atoms with E-state index in [0.29, 0.717) is 24.0 Å². The van der Waals surface area contributed by atoms with E-state index in [-0.39, 0.29) is 11.9 Å². The summed E-state index contributed by atoms with van der Waals surface area (Å²) in [4.78, 5) is 20.3. The molecule has 1 aliphatic carbocycles. The Morgan fingerprint density at radius 2 is 1.89 bits per heavy atom. The number of unbranched alkanes of at least 4 members (excludes halogenated alkanes) is 2. The van der Waals surface area contributed by atoms with Crippen molar-refractivity contribution in [3.05, 3.63) is 45.6 Å². The van der Waals surface area contributed by atoms with Crippen molar-refractivity contribution in [2.45, 2.75) is 77.7 Å². The molecule has 2 atom stereocenters. The number of amides is 2. The molecule has 0 saturated carbocycles. The van der Waals surface area contributed by atoms with E-state index in [1.807, 2.05) is 11.8 Å². The molecule has 37 heavy (non-hydrogen) atoms. The minimum absolute atomic E-state index is 0.0432. The van der Waals surface area contributed by atoms with Gasteiger partial charge in [0.2, 0.25) is 0 Å². The van der Waals surface area contributed by atoms with Gasteiger partial charge in [-0.15, -0.1) is 0 Å². The van der Waals surface area contributed by atoms with Crippen molar-refractivity contribution < 1.29 is 4.79 Å². The van der Waals surface area contributed by atoms with Crippen molar-refractivity contribution in [1.29, 1.82) is 0 Å². The number of nitrogens with zero attached hydrogens (tertiary/aromatic N) is 3. The van der Waals surface area contributed by atoms with Gasteiger partial charge in [0.15, 0.2) is 0 Å². The maximum absolute atomic E-state index is 13.1. The molecule has 4 rings (SSSR count). The lowest BCUT2D eigenvalue weighted by atomic mass is 9.74. The van der Waals surface area contributed by atoms with E-state index in [2.05, 4.69) is 40.8 Å². The fraction of sp³-hybridized carbons (Fsp3) is 0.700. The van der Waals surface area contributed by atoms with Gasteiger partial charge in [-0.2, -0.15) is 0 Å². The van der Waals surface area contributed by atoms with Crippen molar-refractivity contribution in [1.82, 2.24) is 20.0 Å². The average molecular weight is 550 g/mol. The van der Waals surface area contributed by atoms with Gasteiger partial charge in [0, 0.05) is 40.8 Å². The Morgan fingerprint density at radius 3 is 2.54 bits per heavy atom. The molecule has 0 aromatic heterocycles. The minimum Gasteiger partial charge on any atom is -0.334 e. The second-order valence-corrected chi connectivity index (χ2v) is 12.2. The summed E-state index contributed by atoms with van der Waals surface area (Å²) in [5.41, 5.74) is 3.51. The first-order chi connectivity index (χ1) is 17.9. The largest absolute Gasteiger partial charge is 0.334 e. The van der Waals surface area contributed by atoms with Gasteiger partial charge in [0.25, 0.3) is 0 Å². The maximum Gasteiger partial charge on any atom is 0.322 e. The van der Waals surface area contributed by atoms with Crippen LogP contribution in [0.1, 0.15) is 71.6 Å². The number of carbonyl (C=O) groups excluding carboxylic acids is 1. The van der Waals surface area contributed by atoms with E-state index in [9.17, 15) is 4.79 Å². The zero-order valence-electron chi connectivity index (χ0n) is 22.9. The summed E-state index contributed by atoms with van der Waals surface area (Å²) in [6, 6.07) is 0.721. The molecule has 2 saturated heterocycles. The lowest BCUT2D eigenvalue weighted by Crippen LogP contribution is -2.50. The van der Waals surface area contributed by atoms with E-state index in [4.69, 9.17) is 23.2 Å². The van der Waals surface area contributed by atoms with Crippen LogP contribution in [0.15, 0.2) is 45.6 Å². The van der Waals surface area contributed by atoms with Crippen molar-refractivity contribution in [3.8, 4) is 0 Å². The van der Waals surface area contributed by atoms with Crippen LogP contribution in [0.2, 0.25) is 0 Å². The van der Waals surface area contributed by atoms with Gasteiger partial charge in [0.1, 0.15) is 0 Å². The first-order valence-corrected chi connectivity index (χ1v) is 15.3. The van der Waals surface area contributed by atoms with E-state index in [1.54, 1.807) is 0 Å². The molecular formula is C30H46Cl2N4O. The third-order valence-corrected chi connectivity index (χ3v) is 9.30. The number of carbonyl (C=O) groups is 1. The number of allylic oxidation sites excluding steroid dienone is 5. The second kappa shape index (κ2) is 13.7. The molecule has 0 bridgehead atoms. The molecule has 0 spiro atoms. The number of rotatable bonds is 10. The van der Waals surface area contributed by atoms with Crippen LogP contribution in [0.3, 0.4) is 0 Å². The Hall–Kier alpha value is -1.27. The lowest BCUT2D eigenvalue weighted by Gasteiger charge is -2.44. The predicted molar refractivity (Wildman–Crippen MR) is 156 cm³/mol. The predicted octanol–water partition coefficient (Wildman–Crippen LogP) is 6.86. The molecule has 4 aliphatic rings. The Bertz CT molecular complexity index is 913. The van der Waals surface area contributed by atoms with Gasteiger partial charge in [0.05, 0.1) is 6.54 Å². The Kier molecular flexibility index (Phi) is 10.6. The molecule has 2 unspecified atom stereocenters. The summed E-state index contributed by atoms with van der Waals surface area (Å²) in [7, 11) is 0. The standard InChI is InChI=1S/C30H46Cl2N4O/c1-4-6-7-10-24(32)21-36-29-18-23(20-34-15-11-25(12-16-34)35-13-8-9-14-35)17-27(26(5-2)22(3)31)28(29)19-33-30(36)37/h5,10,23,25,27H,3-4,6-9,11-21H2,1-2H3,(H,33,37)/b24-10+,26-5+. The maximum atomic E-state index is 13.1. The van der Waals surface area contributed by atoms with Crippen molar-refractivity contribution in [2.24, 2.45) is 11.8 Å². The number of hydrogen-bond donors (Lipinski definition) is 1. The molecule has 0 aromatic rings. The second-order valence-electron chi connectivity index (χ2n) is 11.3. The van der Waals surface area contributed by atoms with Crippen LogP contribution in [0.4, 0.5) is 4.79 Å². The molecule has 1 N–H and O–H groups in total. The molecule has 2 fully saturated rings. The molecule has 3 heterocycles. The van der Waals surface area contributed by atoms with E-state index in [0.717, 1.165) is 61.0 Å². The van der Waals surface area contributed by atoms with Gasteiger partial charge in [-0.25, -0.2) is 4.79 Å². The molecule has 0 aromatic carbocycles. The van der Waals surface area contributed by atoms with Gasteiger partial charge in [-0.1, -0.05) is 61.7 Å². The summed E-state index contributed by atoms with van der Waals surface area (Å²) in [6.45, 7) is 15.3. The third kappa shape index (κ3) is 7.23. The topological polar surface area (TPSA) is 38.8 Å². The smallest absolute Gasteiger partial charge is 0.322 e. The van der Waals surface area contributed by atoms with Gasteiger partial charge < -0.3 is 15.1 Å². The lowest BCUT2D eigenvalue weighted by molar-refractivity contribution is 0.108. The summed E-state index contributed by atoms with van der Waals surface area (Å²) in [5.74, 6) is 0.645. The zero-order chi connectivity index (χ0) is 26.4. The molecule has 206 valence electrons. The van der Waals surface area contributed by atoms with Crippen LogP contribution >= 0.6 is 23.2 Å². The van der Waals surface area contributed by atoms with Gasteiger partial charge >= 0.3 is 6.03 Å². The fourth-order valence-electron chi connectivity index (χ4n) is 6.85. The van der Waals surface area contributed by atoms with Crippen molar-refractivity contribution >= 4 is 29.2 Å². The molecule has 7 heteroatoms. The average Bonchev–Trinajstić information content (AvgIpc) is 3.42. The Labute approximate surface area is 234 Å². The Balaban J connectivity index is 1.50. The number of piperidine rings is 1. The first-order valence-electron chi connectivity index (χ1n) is 14.5. The molecule has 0 radical (unpaired) electrons. The summed E-state index contributed by atoms with van der Waals surface area (Å²) in [5, 5.41) is 4.46. The highest BCUT2D eigenvalue weighted by molar-refractivity contribution is 6.31. The summed E-state index contributed by atoms with van der Waals surface area (Å²) < 4.78 is 0. The zero-order valence-corrected chi connectivity index (χ0v) is 24.4. The minimum atomic E-state index is -0.0432. The fourth-order valence-corrected chi connectivity index (χ4v) is 7.32. The highest BCUT2D eigenvalue weighted by atomic mass is 35.5. The van der Waals surface area contributed by atoms with Crippen LogP contribution in [0.25, 0.3) is 0 Å². The normalized spacial score (nSPS) is 27.0. The SMILES string of the molecule is C=C(Cl)/C(=C\C)C1CC(CN2CCC(N3CCCC3)CC2)CC2=C1CNC(=O)N2C/C(Cl)=C\CCCC. The monoisotopic (exact) mass is 548 g/mol. The molecule has 5 nitrogen and oxygen atoms in total. The number of halogens is 2. The van der Waals surface area contributed by atoms with Gasteiger partial charge in [-0.3, -0.25) is 4.90 Å². The van der Waals surface area contributed by atoms with Crippen LogP contribution in [-0.2, 0) is 0 Å². The summed E-state index contributed by atoms with van der Waals surface area (Å²) in [6.07, 6.45) is 14.6. The number of likely N-dealkylation sites (tertiary alicyclic amines) is 2. The molecule has 3 aliphatic heterocycles. The van der Waals surface area contributed by atoms with Crippen LogP contribution < -0.4 is 5.32 Å². The van der Waals surface area contributed by atoms with Crippen molar-refractivity contribution in [2.75, 3.05) is 45.8 Å². The molecular weight excluding hydrogens is 503 g/mol. The van der Waals surface area contributed by atoms with Gasteiger partial charge in [-0.05, 0) is 95.1 Å². The van der Waals surface area contributed by atoms with Crippen LogP contribution in [0, 0.1) is 11.8 Å². The van der Waals surface area contributed by atoms with Crippen molar-refractivity contribution in [3.63, 3.8) is 0 Å². The van der Waals surface area contributed by atoms with E-state index < -0.39 is 0 Å². The third-order valence-electron chi connectivity index (χ3n) is 8.81. The highest BCUT2D eigenvalue weighted by Crippen LogP contribution is 2.43. The van der Waals surface area contributed by atoms with E-state index in [1.165, 1.54) is 57.4 Å². The summed E-state index contributed by atoms with van der Waals surface area (Å²) >= 11 is 13.2.